The van der Waals surface area contributed by atoms with Crippen molar-refractivity contribution in [1.29, 1.82) is 0 Å². The van der Waals surface area contributed by atoms with E-state index >= 15 is 0 Å². The van der Waals surface area contributed by atoms with Gasteiger partial charge in [0.25, 0.3) is 5.91 Å². The summed E-state index contributed by atoms with van der Waals surface area (Å²) in [7, 11) is 0. The quantitative estimate of drug-likeness (QED) is 0.705. The maximum atomic E-state index is 14.9. The number of amides is 1. The van der Waals surface area contributed by atoms with E-state index in [4.69, 9.17) is 9.73 Å². The van der Waals surface area contributed by atoms with Gasteiger partial charge >= 0.3 is 0 Å². The summed E-state index contributed by atoms with van der Waals surface area (Å²) >= 11 is 4.85. The summed E-state index contributed by atoms with van der Waals surface area (Å²) in [5.41, 5.74) is 0.00486. The molecule has 8 heteroatoms. The molecule has 4 rings (SSSR count). The van der Waals surface area contributed by atoms with Gasteiger partial charge in [0, 0.05) is 27.3 Å². The first-order chi connectivity index (χ1) is 14.0. The van der Waals surface area contributed by atoms with Crippen LogP contribution in [0.3, 0.4) is 0 Å². The van der Waals surface area contributed by atoms with Gasteiger partial charge in [0.2, 0.25) is 0 Å². The lowest BCUT2D eigenvalue weighted by molar-refractivity contribution is -0.0771. The van der Waals surface area contributed by atoms with Crippen molar-refractivity contribution in [2.24, 2.45) is 10.9 Å². The Bertz CT molecular complexity index is 943. The summed E-state index contributed by atoms with van der Waals surface area (Å²) in [4.78, 5) is 17.4. The van der Waals surface area contributed by atoms with E-state index in [2.05, 4.69) is 21.2 Å². The highest BCUT2D eigenvalue weighted by molar-refractivity contribution is 9.10. The van der Waals surface area contributed by atoms with Crippen LogP contribution in [-0.4, -0.2) is 41.3 Å². The van der Waals surface area contributed by atoms with Crippen LogP contribution in [-0.2, 0) is 10.3 Å². The minimum atomic E-state index is -0.954. The summed E-state index contributed by atoms with van der Waals surface area (Å²) in [5, 5.41) is 12.8. The van der Waals surface area contributed by atoms with Gasteiger partial charge < -0.3 is 15.2 Å². The number of aliphatic hydroxyl groups is 1. The number of halogens is 2. The van der Waals surface area contributed by atoms with Crippen LogP contribution in [0.5, 0.6) is 0 Å². The van der Waals surface area contributed by atoms with Crippen molar-refractivity contribution in [3.63, 3.8) is 0 Å². The number of amidine groups is 1. The molecule has 1 amide bonds. The van der Waals surface area contributed by atoms with Crippen LogP contribution in [0.2, 0.25) is 0 Å². The zero-order chi connectivity index (χ0) is 20.4. The molecule has 5 nitrogen and oxygen atoms in total. The molecule has 0 spiro atoms. The van der Waals surface area contributed by atoms with Crippen molar-refractivity contribution >= 4 is 38.8 Å². The van der Waals surface area contributed by atoms with E-state index in [9.17, 15) is 14.3 Å². The Labute approximate surface area is 180 Å². The fraction of sp³-hybridized carbons (Fsp3) is 0.333. The molecular weight excluding hydrogens is 459 g/mol. The van der Waals surface area contributed by atoms with E-state index in [1.807, 2.05) is 6.07 Å². The normalized spacial score (nSPS) is 26.4. The van der Waals surface area contributed by atoms with Gasteiger partial charge in [-0.15, -0.1) is 0 Å². The Hall–Kier alpha value is -1.74. The molecule has 1 saturated heterocycles. The first-order valence-corrected chi connectivity index (χ1v) is 11.1. The molecule has 2 N–H and O–H groups in total. The molecule has 2 aromatic carbocycles. The number of rotatable bonds is 3. The molecule has 1 fully saturated rings. The van der Waals surface area contributed by atoms with Gasteiger partial charge in [-0.25, -0.2) is 9.38 Å². The minimum Gasteiger partial charge on any atom is -0.394 e. The molecule has 2 aromatic rings. The molecule has 0 bridgehead atoms. The van der Waals surface area contributed by atoms with E-state index in [0.717, 1.165) is 4.47 Å². The largest absolute Gasteiger partial charge is 0.394 e. The number of benzene rings is 2. The molecule has 0 aliphatic carbocycles. The zero-order valence-corrected chi connectivity index (χ0v) is 17.9. The van der Waals surface area contributed by atoms with Crippen molar-refractivity contribution in [2.45, 2.75) is 18.1 Å². The van der Waals surface area contributed by atoms with Crippen LogP contribution in [0, 0.1) is 11.7 Å². The predicted molar refractivity (Wildman–Crippen MR) is 115 cm³/mol. The van der Waals surface area contributed by atoms with Gasteiger partial charge in [-0.2, -0.15) is 0 Å². The topological polar surface area (TPSA) is 70.9 Å². The maximum absolute atomic E-state index is 14.9. The van der Waals surface area contributed by atoms with Crippen molar-refractivity contribution in [3.05, 3.63) is 69.9 Å². The molecule has 2 heterocycles. The second kappa shape index (κ2) is 8.55. The molecule has 152 valence electrons. The van der Waals surface area contributed by atoms with Gasteiger partial charge in [-0.3, -0.25) is 4.79 Å². The van der Waals surface area contributed by atoms with Gasteiger partial charge in [0.15, 0.2) is 5.17 Å². The van der Waals surface area contributed by atoms with Gasteiger partial charge in [0.1, 0.15) is 11.4 Å². The standard InChI is InChI=1S/C21H20BrFN2O3S/c22-15-6-7-18(23)17(9-15)21-12-28-16(10-26)8-14(21)11-29-20(25-21)24-19(27)13-4-2-1-3-5-13/h1-7,9,14,16,26H,8,10-12H2,(H,24,25,27)/t14-,16+,21-/m0/s1. The van der Waals surface area contributed by atoms with E-state index in [1.54, 1.807) is 36.4 Å². The smallest absolute Gasteiger partial charge is 0.257 e. The lowest BCUT2D eigenvalue weighted by Gasteiger charge is -2.46. The minimum absolute atomic E-state index is 0.0282. The van der Waals surface area contributed by atoms with Crippen LogP contribution in [0.1, 0.15) is 22.3 Å². The number of ether oxygens (including phenoxy) is 1. The van der Waals surface area contributed by atoms with E-state index in [0.29, 0.717) is 28.5 Å². The van der Waals surface area contributed by atoms with Crippen LogP contribution < -0.4 is 5.32 Å². The first-order valence-electron chi connectivity index (χ1n) is 9.29. The summed E-state index contributed by atoms with van der Waals surface area (Å²) in [6.45, 7) is 0.0566. The Kier molecular flexibility index (Phi) is 6.06. The Morgan fingerprint density at radius 1 is 1.34 bits per heavy atom. The molecule has 0 radical (unpaired) electrons. The molecule has 2 aliphatic rings. The molecule has 2 aliphatic heterocycles. The number of nitrogens with one attached hydrogen (secondary N) is 1. The van der Waals surface area contributed by atoms with Crippen LogP contribution in [0.25, 0.3) is 0 Å². The average molecular weight is 479 g/mol. The molecule has 0 saturated carbocycles. The monoisotopic (exact) mass is 478 g/mol. The Morgan fingerprint density at radius 2 is 2.14 bits per heavy atom. The third-order valence-corrected chi connectivity index (χ3v) is 6.87. The molecular formula is C21H20BrFN2O3S. The lowest BCUT2D eigenvalue weighted by Crippen LogP contribution is -2.51. The van der Waals surface area contributed by atoms with Crippen molar-refractivity contribution in [2.75, 3.05) is 19.0 Å². The number of thioether (sulfide) groups is 1. The number of carbonyl (C=O) groups is 1. The molecule has 0 unspecified atom stereocenters. The number of aliphatic imine (C=N–C) groups is 1. The first kappa shape index (κ1) is 20.5. The average Bonchev–Trinajstić information content (AvgIpc) is 2.75. The third kappa shape index (κ3) is 4.12. The zero-order valence-electron chi connectivity index (χ0n) is 15.5. The summed E-state index contributed by atoms with van der Waals surface area (Å²) < 4.78 is 21.4. The van der Waals surface area contributed by atoms with Crippen LogP contribution >= 0.6 is 27.7 Å². The SMILES string of the molecule is O=C(NC1=N[C@@]2(c3cc(Br)ccc3F)CO[C@@H](CO)C[C@H]2CS1)c1ccccc1. The highest BCUT2D eigenvalue weighted by atomic mass is 79.9. The maximum Gasteiger partial charge on any atom is 0.257 e. The number of carbonyl (C=O) groups excluding carboxylic acids is 1. The number of fused-ring (bicyclic) bond motifs is 1. The number of aliphatic hydroxyl groups excluding tert-OH is 1. The summed E-state index contributed by atoms with van der Waals surface area (Å²) in [6, 6.07) is 13.7. The third-order valence-electron chi connectivity index (χ3n) is 5.34. The Morgan fingerprint density at radius 3 is 2.90 bits per heavy atom. The second-order valence-corrected chi connectivity index (χ2v) is 9.07. The van der Waals surface area contributed by atoms with Crippen molar-refractivity contribution in [3.8, 4) is 0 Å². The number of hydrogen-bond acceptors (Lipinski definition) is 5. The number of nitrogens with zero attached hydrogens (tertiary/aromatic N) is 1. The van der Waals surface area contributed by atoms with Crippen LogP contribution in [0.4, 0.5) is 4.39 Å². The van der Waals surface area contributed by atoms with E-state index in [-0.39, 0.29) is 37.0 Å². The fourth-order valence-corrected chi connectivity index (χ4v) is 5.33. The molecule has 29 heavy (non-hydrogen) atoms. The van der Waals surface area contributed by atoms with E-state index in [1.165, 1.54) is 17.8 Å². The molecule has 0 aromatic heterocycles. The highest BCUT2D eigenvalue weighted by Crippen LogP contribution is 2.47. The lowest BCUT2D eigenvalue weighted by atomic mass is 9.75. The van der Waals surface area contributed by atoms with Crippen molar-refractivity contribution in [1.82, 2.24) is 5.32 Å². The van der Waals surface area contributed by atoms with Gasteiger partial charge in [-0.05, 0) is 36.8 Å². The summed E-state index contributed by atoms with van der Waals surface area (Å²) in [6.07, 6.45) is 0.276. The molecule has 3 atom stereocenters. The fourth-order valence-electron chi connectivity index (χ4n) is 3.80. The number of hydrogen-bond donors (Lipinski definition) is 2. The predicted octanol–water partition coefficient (Wildman–Crippen LogP) is 3.71. The van der Waals surface area contributed by atoms with Crippen LogP contribution in [0.15, 0.2) is 58.0 Å². The van der Waals surface area contributed by atoms with Gasteiger partial charge in [-0.1, -0.05) is 45.9 Å². The summed E-state index contributed by atoms with van der Waals surface area (Å²) in [5.74, 6) is -0.0157. The highest BCUT2D eigenvalue weighted by Gasteiger charge is 2.49. The van der Waals surface area contributed by atoms with E-state index < -0.39 is 5.54 Å². The second-order valence-electron chi connectivity index (χ2n) is 7.14. The Balaban J connectivity index is 1.71. The van der Waals surface area contributed by atoms with Crippen molar-refractivity contribution < 1.29 is 19.0 Å². The van der Waals surface area contributed by atoms with Gasteiger partial charge in [0.05, 0.1) is 19.3 Å².